The molecule has 0 aliphatic rings. The van der Waals surface area contributed by atoms with Crippen LogP contribution >= 0.6 is 23.4 Å². The molecule has 0 amide bonds. The predicted molar refractivity (Wildman–Crippen MR) is 76.5 cm³/mol. The van der Waals surface area contributed by atoms with Crippen LogP contribution in [0, 0.1) is 0 Å². The number of rotatable bonds is 3. The fraction of sp³-hybridized carbons (Fsp3) is 0.214. The van der Waals surface area contributed by atoms with Gasteiger partial charge >= 0.3 is 5.97 Å². The molecule has 94 valence electrons. The van der Waals surface area contributed by atoms with E-state index in [1.165, 1.54) is 7.11 Å². The van der Waals surface area contributed by atoms with Crippen molar-refractivity contribution in [3.63, 3.8) is 0 Å². The van der Waals surface area contributed by atoms with E-state index in [9.17, 15) is 4.79 Å². The van der Waals surface area contributed by atoms with Crippen molar-refractivity contribution in [2.45, 2.75) is 11.3 Å². The van der Waals surface area contributed by atoms with Crippen LogP contribution in [0.5, 0.6) is 0 Å². The standard InChI is InChI=1S/C14H13ClO2S/c1-17-13(16)8-10-4-3-9-7-11(15)5-6-12(9)14(10)18-2/h3-7H,8H2,1-2H3. The zero-order valence-corrected chi connectivity index (χ0v) is 11.8. The van der Waals surface area contributed by atoms with E-state index in [1.54, 1.807) is 11.8 Å². The highest BCUT2D eigenvalue weighted by Gasteiger charge is 2.11. The Bertz CT molecular complexity index is 596. The van der Waals surface area contributed by atoms with Gasteiger partial charge in [0.15, 0.2) is 0 Å². The molecule has 0 spiro atoms. The minimum absolute atomic E-state index is 0.224. The van der Waals surface area contributed by atoms with E-state index >= 15 is 0 Å². The zero-order chi connectivity index (χ0) is 13.1. The summed E-state index contributed by atoms with van der Waals surface area (Å²) < 4.78 is 4.72. The third-order valence-corrected chi connectivity index (χ3v) is 3.91. The minimum Gasteiger partial charge on any atom is -0.469 e. The summed E-state index contributed by atoms with van der Waals surface area (Å²) in [5, 5.41) is 2.92. The number of halogens is 1. The molecule has 0 atom stereocenters. The van der Waals surface area contributed by atoms with Crippen molar-refractivity contribution >= 4 is 40.1 Å². The summed E-state index contributed by atoms with van der Waals surface area (Å²) in [4.78, 5) is 12.5. The Balaban J connectivity index is 2.55. The van der Waals surface area contributed by atoms with Gasteiger partial charge in [0.25, 0.3) is 0 Å². The third-order valence-electron chi connectivity index (χ3n) is 2.78. The number of ether oxygens (including phenoxy) is 1. The van der Waals surface area contributed by atoms with Gasteiger partial charge in [-0.05, 0) is 34.7 Å². The molecule has 2 nitrogen and oxygen atoms in total. The summed E-state index contributed by atoms with van der Waals surface area (Å²) in [5.74, 6) is -0.224. The quantitative estimate of drug-likeness (QED) is 0.629. The van der Waals surface area contributed by atoms with Gasteiger partial charge in [0.1, 0.15) is 0 Å². The van der Waals surface area contributed by atoms with Crippen molar-refractivity contribution in [3.05, 3.63) is 40.9 Å². The van der Waals surface area contributed by atoms with Gasteiger partial charge in [0.05, 0.1) is 13.5 Å². The first kappa shape index (κ1) is 13.2. The summed E-state index contributed by atoms with van der Waals surface area (Å²) in [5.41, 5.74) is 0.990. The van der Waals surface area contributed by atoms with Gasteiger partial charge in [-0.1, -0.05) is 29.8 Å². The molecule has 4 heteroatoms. The monoisotopic (exact) mass is 280 g/mol. The lowest BCUT2D eigenvalue weighted by atomic mass is 10.0. The van der Waals surface area contributed by atoms with Gasteiger partial charge in [-0.15, -0.1) is 11.8 Å². The van der Waals surface area contributed by atoms with Crippen LogP contribution in [0.3, 0.4) is 0 Å². The van der Waals surface area contributed by atoms with Gasteiger partial charge < -0.3 is 4.74 Å². The maximum Gasteiger partial charge on any atom is 0.310 e. The lowest BCUT2D eigenvalue weighted by Gasteiger charge is -2.10. The second-order valence-electron chi connectivity index (χ2n) is 3.88. The molecular formula is C14H13ClO2S. The predicted octanol–water partition coefficient (Wildman–Crippen LogP) is 3.93. The first-order chi connectivity index (χ1) is 8.65. The van der Waals surface area contributed by atoms with E-state index in [0.717, 1.165) is 26.3 Å². The molecule has 2 aromatic carbocycles. The molecule has 0 unspecified atom stereocenters. The second-order valence-corrected chi connectivity index (χ2v) is 5.13. The van der Waals surface area contributed by atoms with Gasteiger partial charge in [-0.2, -0.15) is 0 Å². The number of carbonyl (C=O) groups excluding carboxylic acids is 1. The highest BCUT2D eigenvalue weighted by molar-refractivity contribution is 7.98. The average Bonchev–Trinajstić information content (AvgIpc) is 2.38. The summed E-state index contributed by atoms with van der Waals surface area (Å²) >= 11 is 7.61. The van der Waals surface area contributed by atoms with Crippen molar-refractivity contribution in [2.75, 3.05) is 13.4 Å². The first-order valence-electron chi connectivity index (χ1n) is 5.47. The van der Waals surface area contributed by atoms with E-state index in [4.69, 9.17) is 16.3 Å². The molecule has 0 radical (unpaired) electrons. The molecule has 0 N–H and O–H groups in total. The number of fused-ring (bicyclic) bond motifs is 1. The molecule has 0 heterocycles. The van der Waals surface area contributed by atoms with E-state index < -0.39 is 0 Å². The maximum atomic E-state index is 11.4. The molecule has 0 bridgehead atoms. The van der Waals surface area contributed by atoms with Crippen molar-refractivity contribution in [2.24, 2.45) is 0 Å². The van der Waals surface area contributed by atoms with E-state index in [0.29, 0.717) is 6.42 Å². The summed E-state index contributed by atoms with van der Waals surface area (Å²) in [6, 6.07) is 9.73. The molecule has 0 aliphatic carbocycles. The topological polar surface area (TPSA) is 26.3 Å². The van der Waals surface area contributed by atoms with Crippen molar-refractivity contribution in [3.8, 4) is 0 Å². The van der Waals surface area contributed by atoms with Gasteiger partial charge in [-0.25, -0.2) is 0 Å². The van der Waals surface area contributed by atoms with E-state index in [2.05, 4.69) is 0 Å². The Morgan fingerprint density at radius 2 is 2.11 bits per heavy atom. The van der Waals surface area contributed by atoms with Gasteiger partial charge in [-0.3, -0.25) is 4.79 Å². The Hall–Kier alpha value is -1.19. The molecule has 2 rings (SSSR count). The van der Waals surface area contributed by atoms with Crippen molar-refractivity contribution in [1.82, 2.24) is 0 Å². The second kappa shape index (κ2) is 5.63. The first-order valence-corrected chi connectivity index (χ1v) is 7.08. The molecule has 0 saturated heterocycles. The van der Waals surface area contributed by atoms with Crippen molar-refractivity contribution < 1.29 is 9.53 Å². The summed E-state index contributed by atoms with van der Waals surface area (Å²) in [6.07, 6.45) is 2.30. The molecule has 0 fully saturated rings. The lowest BCUT2D eigenvalue weighted by Crippen LogP contribution is -2.05. The molecule has 0 aliphatic heterocycles. The average molecular weight is 281 g/mol. The highest BCUT2D eigenvalue weighted by atomic mass is 35.5. The number of thioether (sulfide) groups is 1. The van der Waals surface area contributed by atoms with E-state index in [-0.39, 0.29) is 5.97 Å². The normalized spacial score (nSPS) is 10.6. The highest BCUT2D eigenvalue weighted by Crippen LogP contribution is 2.32. The Kier molecular flexibility index (Phi) is 4.15. The summed E-state index contributed by atoms with van der Waals surface area (Å²) in [6.45, 7) is 0. The van der Waals surface area contributed by atoms with Crippen LogP contribution in [0.4, 0.5) is 0 Å². The van der Waals surface area contributed by atoms with Crippen LogP contribution < -0.4 is 0 Å². The largest absolute Gasteiger partial charge is 0.469 e. The Morgan fingerprint density at radius 3 is 2.78 bits per heavy atom. The summed E-state index contributed by atoms with van der Waals surface area (Å²) in [7, 11) is 1.40. The number of carbonyl (C=O) groups is 1. The number of benzene rings is 2. The maximum absolute atomic E-state index is 11.4. The van der Waals surface area contributed by atoms with Crippen LogP contribution in [-0.4, -0.2) is 19.3 Å². The SMILES string of the molecule is COC(=O)Cc1ccc2cc(Cl)ccc2c1SC. The van der Waals surface area contributed by atoms with Crippen LogP contribution in [0.1, 0.15) is 5.56 Å². The van der Waals surface area contributed by atoms with Gasteiger partial charge in [0, 0.05) is 9.92 Å². The van der Waals surface area contributed by atoms with Crippen LogP contribution in [0.2, 0.25) is 5.02 Å². The smallest absolute Gasteiger partial charge is 0.310 e. The fourth-order valence-electron chi connectivity index (χ4n) is 1.93. The van der Waals surface area contributed by atoms with Gasteiger partial charge in [0.2, 0.25) is 0 Å². The fourth-order valence-corrected chi connectivity index (χ4v) is 2.91. The number of esters is 1. The number of hydrogen-bond acceptors (Lipinski definition) is 3. The number of methoxy groups -OCH3 is 1. The van der Waals surface area contributed by atoms with Crippen LogP contribution in [0.15, 0.2) is 35.2 Å². The molecule has 0 saturated carbocycles. The molecular weight excluding hydrogens is 268 g/mol. The molecule has 0 aromatic heterocycles. The Morgan fingerprint density at radius 1 is 1.33 bits per heavy atom. The minimum atomic E-state index is -0.224. The lowest BCUT2D eigenvalue weighted by molar-refractivity contribution is -0.139. The molecule has 18 heavy (non-hydrogen) atoms. The van der Waals surface area contributed by atoms with Crippen LogP contribution in [0.25, 0.3) is 10.8 Å². The van der Waals surface area contributed by atoms with E-state index in [1.807, 2.05) is 36.6 Å². The van der Waals surface area contributed by atoms with Crippen LogP contribution in [-0.2, 0) is 16.0 Å². The third kappa shape index (κ3) is 2.62. The zero-order valence-electron chi connectivity index (χ0n) is 10.2. The van der Waals surface area contributed by atoms with Crippen molar-refractivity contribution in [1.29, 1.82) is 0 Å². The molecule has 2 aromatic rings. The number of hydrogen-bond donors (Lipinski definition) is 0. The Labute approximate surface area is 115 Å².